The lowest BCUT2D eigenvalue weighted by atomic mass is 9.86. The Labute approximate surface area is 206 Å². The Hall–Kier alpha value is -2.51. The average Bonchev–Trinajstić information content (AvgIpc) is 3.16. The number of hydrogen-bond acceptors (Lipinski definition) is 5. The van der Waals surface area contributed by atoms with Gasteiger partial charge in [-0.1, -0.05) is 69.8 Å². The maximum atomic E-state index is 13.5. The first-order chi connectivity index (χ1) is 16.2. The van der Waals surface area contributed by atoms with Crippen molar-refractivity contribution in [3.63, 3.8) is 0 Å². The number of rotatable bonds is 5. The minimum atomic E-state index is -0.439. The summed E-state index contributed by atoms with van der Waals surface area (Å²) in [5, 5.41) is 3.58. The van der Waals surface area contributed by atoms with Crippen LogP contribution in [0.2, 0.25) is 0 Å². The van der Waals surface area contributed by atoms with Gasteiger partial charge >= 0.3 is 0 Å². The number of nitrogens with zero attached hydrogens (tertiary/aromatic N) is 3. The molecular weight excluding hydrogens is 447 g/mol. The normalized spacial score (nSPS) is 18.0. The maximum Gasteiger partial charge on any atom is 0.234 e. The molecule has 0 unspecified atom stereocenters. The van der Waals surface area contributed by atoms with E-state index in [9.17, 15) is 9.18 Å². The van der Waals surface area contributed by atoms with Crippen molar-refractivity contribution in [2.24, 2.45) is 9.98 Å². The van der Waals surface area contributed by atoms with Crippen molar-refractivity contribution in [2.75, 3.05) is 30.7 Å². The van der Waals surface area contributed by atoms with E-state index in [1.54, 1.807) is 12.1 Å². The summed E-state index contributed by atoms with van der Waals surface area (Å²) in [5.41, 5.74) is 3.25. The Morgan fingerprint density at radius 3 is 2.44 bits per heavy atom. The Kier molecular flexibility index (Phi) is 7.24. The zero-order chi connectivity index (χ0) is 24.3. The number of aliphatic imine (C=N–C) groups is 2. The van der Waals surface area contributed by atoms with Crippen LogP contribution in [0.4, 0.5) is 10.1 Å². The van der Waals surface area contributed by atoms with Gasteiger partial charge in [0, 0.05) is 37.2 Å². The van der Waals surface area contributed by atoms with Crippen molar-refractivity contribution in [3.05, 3.63) is 65.5 Å². The Morgan fingerprint density at radius 2 is 1.82 bits per heavy atom. The van der Waals surface area contributed by atoms with Crippen LogP contribution in [0.15, 0.2) is 58.5 Å². The van der Waals surface area contributed by atoms with Crippen LogP contribution in [0.1, 0.15) is 51.7 Å². The van der Waals surface area contributed by atoms with Crippen LogP contribution in [0.25, 0.3) is 0 Å². The van der Waals surface area contributed by atoms with E-state index < -0.39 is 5.66 Å². The summed E-state index contributed by atoms with van der Waals surface area (Å²) in [6.07, 6.45) is 1.76. The molecule has 4 rings (SSSR count). The molecule has 1 amide bonds. The van der Waals surface area contributed by atoms with Crippen LogP contribution in [-0.4, -0.2) is 52.6 Å². The Morgan fingerprint density at radius 1 is 1.12 bits per heavy atom. The minimum Gasteiger partial charge on any atom is -0.325 e. The number of hydrogen-bond donors (Lipinski definition) is 1. The van der Waals surface area contributed by atoms with Crippen molar-refractivity contribution >= 4 is 34.1 Å². The predicted octanol–water partition coefficient (Wildman–Crippen LogP) is 5.51. The fraction of sp³-hybridized carbons (Fsp3) is 0.444. The fourth-order valence-corrected chi connectivity index (χ4v) is 5.16. The zero-order valence-electron chi connectivity index (χ0n) is 20.4. The molecule has 0 aromatic heterocycles. The molecule has 7 heteroatoms. The molecule has 0 atom stereocenters. The van der Waals surface area contributed by atoms with Gasteiger partial charge < -0.3 is 10.2 Å². The predicted molar refractivity (Wildman–Crippen MR) is 141 cm³/mol. The molecular formula is C27H33FN4OS. The number of benzene rings is 2. The Balaban J connectivity index is 1.53. The van der Waals surface area contributed by atoms with Crippen LogP contribution >= 0.6 is 11.8 Å². The quantitative estimate of drug-likeness (QED) is 0.614. The second-order valence-electron chi connectivity index (χ2n) is 9.97. The van der Waals surface area contributed by atoms with Gasteiger partial charge in [-0.15, -0.1) is 0 Å². The molecule has 1 saturated heterocycles. The second-order valence-corrected chi connectivity index (χ2v) is 10.9. The molecule has 2 aliphatic rings. The third kappa shape index (κ3) is 5.76. The molecule has 0 bridgehead atoms. The highest BCUT2D eigenvalue weighted by atomic mass is 32.2. The number of carbonyl (C=O) groups is 1. The van der Waals surface area contributed by atoms with Gasteiger partial charge in [0.2, 0.25) is 5.91 Å². The van der Waals surface area contributed by atoms with E-state index in [1.165, 1.54) is 29.5 Å². The number of piperidine rings is 1. The van der Waals surface area contributed by atoms with Crippen LogP contribution < -0.4 is 5.32 Å². The first-order valence-electron chi connectivity index (χ1n) is 11.9. The molecule has 0 aliphatic carbocycles. The maximum absolute atomic E-state index is 13.5. The van der Waals surface area contributed by atoms with Crippen LogP contribution in [0, 0.1) is 5.82 Å². The average molecular weight is 481 g/mol. The highest BCUT2D eigenvalue weighted by molar-refractivity contribution is 8.16. The van der Waals surface area contributed by atoms with E-state index in [1.807, 2.05) is 0 Å². The lowest BCUT2D eigenvalue weighted by molar-refractivity contribution is -0.113. The topological polar surface area (TPSA) is 57.1 Å². The number of thioether (sulfide) groups is 1. The number of nitrogens with one attached hydrogen (secondary N) is 1. The molecule has 1 fully saturated rings. The molecule has 34 heavy (non-hydrogen) atoms. The van der Waals surface area contributed by atoms with Crippen molar-refractivity contribution in [3.8, 4) is 0 Å². The second kappa shape index (κ2) is 10.0. The van der Waals surface area contributed by atoms with Gasteiger partial charge in [0.05, 0.1) is 11.5 Å². The van der Waals surface area contributed by atoms with E-state index in [4.69, 9.17) is 9.98 Å². The zero-order valence-corrected chi connectivity index (χ0v) is 21.2. The van der Waals surface area contributed by atoms with Gasteiger partial charge in [-0.3, -0.25) is 9.79 Å². The van der Waals surface area contributed by atoms with Gasteiger partial charge in [-0.25, -0.2) is 9.38 Å². The molecule has 2 aliphatic heterocycles. The van der Waals surface area contributed by atoms with Crippen LogP contribution in [0.3, 0.4) is 0 Å². The number of anilines is 1. The molecule has 1 N–H and O–H groups in total. The van der Waals surface area contributed by atoms with E-state index >= 15 is 0 Å². The standard InChI is InChI=1S/C27H33FN4OS/c1-5-32-15-13-27(14-16-32)30-24(19-9-11-20(12-10-19)26(2,3)4)25(31-27)34-18-23(33)29-22-8-6-7-21(28)17-22/h6-12,17H,5,13-16,18H2,1-4H3,(H,29,33). The highest BCUT2D eigenvalue weighted by Crippen LogP contribution is 2.36. The van der Waals surface area contributed by atoms with Gasteiger partial charge in [0.25, 0.3) is 0 Å². The number of amides is 1. The van der Waals surface area contributed by atoms with Crippen LogP contribution in [0.5, 0.6) is 0 Å². The third-order valence-electron chi connectivity index (χ3n) is 6.41. The lowest BCUT2D eigenvalue weighted by Gasteiger charge is -2.34. The summed E-state index contributed by atoms with van der Waals surface area (Å²) in [5.74, 6) is -0.382. The molecule has 2 aromatic carbocycles. The smallest absolute Gasteiger partial charge is 0.234 e. The van der Waals surface area contributed by atoms with Crippen LogP contribution in [-0.2, 0) is 10.2 Å². The molecule has 1 spiro atoms. The summed E-state index contributed by atoms with van der Waals surface area (Å²) in [6, 6.07) is 14.5. The Bertz CT molecular complexity index is 1100. The van der Waals surface area contributed by atoms with Crippen molar-refractivity contribution in [2.45, 2.75) is 51.6 Å². The number of carbonyl (C=O) groups excluding carboxylic acids is 1. The van der Waals surface area contributed by atoms with E-state index in [2.05, 4.69) is 62.2 Å². The summed E-state index contributed by atoms with van der Waals surface area (Å²) < 4.78 is 13.5. The van der Waals surface area contributed by atoms with E-state index in [0.29, 0.717) is 5.69 Å². The third-order valence-corrected chi connectivity index (χ3v) is 7.37. The summed E-state index contributed by atoms with van der Waals surface area (Å²) in [4.78, 5) is 25.2. The molecule has 2 heterocycles. The van der Waals surface area contributed by atoms with Gasteiger partial charge in [-0.05, 0) is 35.7 Å². The monoisotopic (exact) mass is 480 g/mol. The van der Waals surface area contributed by atoms with Crippen molar-refractivity contribution < 1.29 is 9.18 Å². The van der Waals surface area contributed by atoms with Crippen molar-refractivity contribution in [1.29, 1.82) is 0 Å². The molecule has 0 radical (unpaired) electrons. The lowest BCUT2D eigenvalue weighted by Crippen LogP contribution is -2.41. The summed E-state index contributed by atoms with van der Waals surface area (Å²) in [6.45, 7) is 11.8. The van der Waals surface area contributed by atoms with Gasteiger partial charge in [-0.2, -0.15) is 0 Å². The molecule has 5 nitrogen and oxygen atoms in total. The number of halogens is 1. The largest absolute Gasteiger partial charge is 0.325 e. The molecule has 2 aromatic rings. The van der Waals surface area contributed by atoms with Crippen molar-refractivity contribution in [1.82, 2.24) is 4.90 Å². The first-order valence-corrected chi connectivity index (χ1v) is 12.9. The minimum absolute atomic E-state index is 0.0743. The fourth-order valence-electron chi connectivity index (χ4n) is 4.29. The first kappa shape index (κ1) is 24.6. The molecule has 180 valence electrons. The SMILES string of the molecule is CCN1CCC2(CC1)N=C(SCC(=O)Nc1cccc(F)c1)C(c1ccc(C(C)(C)C)cc1)=N2. The number of likely N-dealkylation sites (tertiary alicyclic amines) is 1. The summed E-state index contributed by atoms with van der Waals surface area (Å²) >= 11 is 1.40. The summed E-state index contributed by atoms with van der Waals surface area (Å²) in [7, 11) is 0. The highest BCUT2D eigenvalue weighted by Gasteiger charge is 2.39. The van der Waals surface area contributed by atoms with Gasteiger partial charge in [0.1, 0.15) is 10.9 Å². The van der Waals surface area contributed by atoms with E-state index in [-0.39, 0.29) is 22.9 Å². The van der Waals surface area contributed by atoms with E-state index in [0.717, 1.165) is 48.8 Å². The molecule has 0 saturated carbocycles. The van der Waals surface area contributed by atoms with Gasteiger partial charge in [0.15, 0.2) is 5.66 Å².